The number of hydrogen-bond acceptors (Lipinski definition) is 5. The molecule has 0 spiro atoms. The summed E-state index contributed by atoms with van der Waals surface area (Å²) < 4.78 is 40.1. The van der Waals surface area contributed by atoms with Crippen LogP contribution < -0.4 is 14.8 Å². The van der Waals surface area contributed by atoms with Gasteiger partial charge in [-0.05, 0) is 23.6 Å². The highest BCUT2D eigenvalue weighted by atomic mass is 32.2. The Balaban J connectivity index is 1.73. The van der Waals surface area contributed by atoms with Gasteiger partial charge in [-0.25, -0.2) is 0 Å². The van der Waals surface area contributed by atoms with Crippen molar-refractivity contribution in [3.05, 3.63) is 71.6 Å². The maximum atomic E-state index is 12.6. The predicted molar refractivity (Wildman–Crippen MR) is 101 cm³/mol. The lowest BCUT2D eigenvalue weighted by Gasteiger charge is -2.11. The van der Waals surface area contributed by atoms with Crippen molar-refractivity contribution in [1.82, 2.24) is 0 Å². The molecule has 0 bridgehead atoms. The van der Waals surface area contributed by atoms with Crippen molar-refractivity contribution in [2.45, 2.75) is 4.21 Å². The van der Waals surface area contributed by atoms with E-state index in [0.29, 0.717) is 22.7 Å². The molecule has 0 saturated heterocycles. The summed E-state index contributed by atoms with van der Waals surface area (Å²) in [6, 6.07) is 17.6. The molecule has 2 aromatic carbocycles. The van der Waals surface area contributed by atoms with Gasteiger partial charge in [-0.15, -0.1) is 15.7 Å². The first-order chi connectivity index (χ1) is 12.6. The topological polar surface area (TPSA) is 77.0 Å². The molecule has 1 N–H and O–H groups in total. The number of fused-ring (bicyclic) bond motifs is 1. The van der Waals surface area contributed by atoms with Crippen LogP contribution in [0, 0.1) is 0 Å². The van der Waals surface area contributed by atoms with E-state index < -0.39 is 10.0 Å². The maximum Gasteiger partial charge on any atom is 0.293 e. The van der Waals surface area contributed by atoms with E-state index in [-0.39, 0.29) is 16.8 Å². The van der Waals surface area contributed by atoms with Crippen LogP contribution >= 0.6 is 11.3 Å². The quantitative estimate of drug-likeness (QED) is 0.546. The minimum absolute atomic E-state index is 0.172. The first-order valence-corrected chi connectivity index (χ1v) is 10.0. The monoisotopic (exact) mass is 386 g/mol. The molecule has 26 heavy (non-hydrogen) atoms. The molecule has 132 valence electrons. The van der Waals surface area contributed by atoms with Crippen LogP contribution in [0.15, 0.2) is 74.7 Å². The molecule has 0 aliphatic carbocycles. The van der Waals surface area contributed by atoms with Crippen LogP contribution in [-0.4, -0.2) is 21.0 Å². The molecule has 3 aromatic rings. The number of nitrogens with one attached hydrogen (secondary N) is 1. The molecule has 1 aliphatic rings. The Kier molecular flexibility index (Phi) is 4.36. The molecule has 2 heterocycles. The van der Waals surface area contributed by atoms with E-state index >= 15 is 0 Å². The SMILES string of the molecule is O=S(=O)(/N=C(/Nc1ccc2c(c1)OCO2)c1ccccc1)c1cccs1. The molecule has 0 radical (unpaired) electrons. The summed E-state index contributed by atoms with van der Waals surface area (Å²) in [6.07, 6.45) is 0. The number of hydrogen-bond donors (Lipinski definition) is 1. The van der Waals surface area contributed by atoms with E-state index in [1.807, 2.05) is 18.2 Å². The van der Waals surface area contributed by atoms with Gasteiger partial charge in [0.1, 0.15) is 4.21 Å². The first-order valence-electron chi connectivity index (χ1n) is 7.72. The molecule has 1 aromatic heterocycles. The van der Waals surface area contributed by atoms with Crippen LogP contribution in [0.2, 0.25) is 0 Å². The van der Waals surface area contributed by atoms with E-state index in [1.165, 1.54) is 6.07 Å². The van der Waals surface area contributed by atoms with Crippen LogP contribution in [0.4, 0.5) is 5.69 Å². The lowest BCUT2D eigenvalue weighted by atomic mass is 10.2. The smallest absolute Gasteiger partial charge is 0.293 e. The Morgan fingerprint density at radius 3 is 2.58 bits per heavy atom. The molecule has 0 amide bonds. The highest BCUT2D eigenvalue weighted by Gasteiger charge is 2.18. The zero-order chi connectivity index (χ0) is 18.0. The predicted octanol–water partition coefficient (Wildman–Crippen LogP) is 3.72. The largest absolute Gasteiger partial charge is 0.454 e. The fourth-order valence-electron chi connectivity index (χ4n) is 2.43. The summed E-state index contributed by atoms with van der Waals surface area (Å²) in [7, 11) is -3.81. The molecule has 1 aliphatic heterocycles. The Labute approximate surface area is 154 Å². The third-order valence-corrected chi connectivity index (χ3v) is 6.29. The molecule has 0 unspecified atom stereocenters. The molecule has 0 fully saturated rings. The number of anilines is 1. The van der Waals surface area contributed by atoms with Gasteiger partial charge >= 0.3 is 0 Å². The fourth-order valence-corrected chi connectivity index (χ4v) is 4.38. The van der Waals surface area contributed by atoms with Crippen molar-refractivity contribution in [1.29, 1.82) is 0 Å². The van der Waals surface area contributed by atoms with Gasteiger partial charge in [0.05, 0.1) is 0 Å². The Morgan fingerprint density at radius 2 is 1.81 bits per heavy atom. The minimum atomic E-state index is -3.81. The number of amidine groups is 1. The van der Waals surface area contributed by atoms with Crippen molar-refractivity contribution in [2.75, 3.05) is 12.1 Å². The van der Waals surface area contributed by atoms with Gasteiger partial charge in [0.2, 0.25) is 6.79 Å². The third-order valence-electron chi connectivity index (χ3n) is 3.64. The number of thiophene rings is 1. The van der Waals surface area contributed by atoms with Crippen LogP contribution in [0.3, 0.4) is 0 Å². The average Bonchev–Trinajstić information content (AvgIpc) is 3.33. The van der Waals surface area contributed by atoms with E-state index in [1.54, 1.807) is 41.8 Å². The summed E-state index contributed by atoms with van der Waals surface area (Å²) in [5.74, 6) is 1.49. The van der Waals surface area contributed by atoms with Crippen molar-refractivity contribution >= 4 is 32.9 Å². The molecular formula is C18H14N2O4S2. The van der Waals surface area contributed by atoms with Gasteiger partial charge in [0.15, 0.2) is 17.3 Å². The second-order valence-electron chi connectivity index (χ2n) is 5.41. The Morgan fingerprint density at radius 1 is 1.00 bits per heavy atom. The van der Waals surface area contributed by atoms with Crippen LogP contribution in [-0.2, 0) is 10.0 Å². The normalized spacial score (nSPS) is 13.6. The zero-order valence-electron chi connectivity index (χ0n) is 13.5. The second-order valence-corrected chi connectivity index (χ2v) is 8.18. The average molecular weight is 386 g/mol. The van der Waals surface area contributed by atoms with Crippen molar-refractivity contribution in [3.63, 3.8) is 0 Å². The van der Waals surface area contributed by atoms with Gasteiger partial charge < -0.3 is 14.8 Å². The Bertz CT molecular complexity index is 1050. The molecule has 6 nitrogen and oxygen atoms in total. The molecule has 8 heteroatoms. The summed E-state index contributed by atoms with van der Waals surface area (Å²) in [6.45, 7) is 0.172. The summed E-state index contributed by atoms with van der Waals surface area (Å²) in [5, 5.41) is 4.79. The molecule has 4 rings (SSSR count). The number of benzene rings is 2. The number of ether oxygens (including phenoxy) is 2. The third kappa shape index (κ3) is 3.42. The van der Waals surface area contributed by atoms with Gasteiger partial charge in [0, 0.05) is 17.3 Å². The van der Waals surface area contributed by atoms with Crippen LogP contribution in [0.25, 0.3) is 0 Å². The minimum Gasteiger partial charge on any atom is -0.454 e. The van der Waals surface area contributed by atoms with Crippen molar-refractivity contribution in [2.24, 2.45) is 4.40 Å². The second kappa shape index (κ2) is 6.81. The Hall–Kier alpha value is -2.84. The van der Waals surface area contributed by atoms with E-state index in [9.17, 15) is 8.42 Å². The van der Waals surface area contributed by atoms with Crippen LogP contribution in [0.1, 0.15) is 5.56 Å². The van der Waals surface area contributed by atoms with E-state index in [4.69, 9.17) is 9.47 Å². The first kappa shape index (κ1) is 16.6. The van der Waals surface area contributed by atoms with Gasteiger partial charge in [-0.3, -0.25) is 0 Å². The molecular weight excluding hydrogens is 372 g/mol. The number of rotatable bonds is 4. The lowest BCUT2D eigenvalue weighted by Crippen LogP contribution is -2.16. The van der Waals surface area contributed by atoms with Crippen molar-refractivity contribution in [3.8, 4) is 11.5 Å². The highest BCUT2D eigenvalue weighted by Crippen LogP contribution is 2.34. The highest BCUT2D eigenvalue weighted by molar-refractivity contribution is 7.92. The molecule has 0 saturated carbocycles. The maximum absolute atomic E-state index is 12.6. The van der Waals surface area contributed by atoms with Crippen molar-refractivity contribution < 1.29 is 17.9 Å². The summed E-state index contributed by atoms with van der Waals surface area (Å²) >= 11 is 1.13. The summed E-state index contributed by atoms with van der Waals surface area (Å²) in [4.78, 5) is 0. The van der Waals surface area contributed by atoms with E-state index in [2.05, 4.69) is 9.71 Å². The van der Waals surface area contributed by atoms with Gasteiger partial charge in [-0.2, -0.15) is 8.42 Å². The fraction of sp³-hybridized carbons (Fsp3) is 0.0556. The number of nitrogens with zero attached hydrogens (tertiary/aromatic N) is 1. The summed E-state index contributed by atoms with van der Waals surface area (Å²) in [5.41, 5.74) is 1.31. The van der Waals surface area contributed by atoms with Gasteiger partial charge in [0.25, 0.3) is 10.0 Å². The zero-order valence-corrected chi connectivity index (χ0v) is 15.1. The lowest BCUT2D eigenvalue weighted by molar-refractivity contribution is 0.174. The number of sulfonamides is 1. The van der Waals surface area contributed by atoms with Gasteiger partial charge in [-0.1, -0.05) is 36.4 Å². The van der Waals surface area contributed by atoms with Crippen LogP contribution in [0.5, 0.6) is 11.5 Å². The molecule has 0 atom stereocenters. The standard InChI is InChI=1S/C18H14N2O4S2/c21-26(22,17-7-4-10-25-17)20-18(13-5-2-1-3-6-13)19-14-8-9-15-16(11-14)24-12-23-15/h1-11H,12H2,(H,19,20). The van der Waals surface area contributed by atoms with E-state index in [0.717, 1.165) is 11.3 Å².